The Hall–Kier alpha value is -2.10. The van der Waals surface area contributed by atoms with E-state index in [4.69, 9.17) is 9.88 Å². The van der Waals surface area contributed by atoms with Gasteiger partial charge in [0.25, 0.3) is 5.91 Å². The molecule has 1 fully saturated rings. The van der Waals surface area contributed by atoms with Gasteiger partial charge >= 0.3 is 0 Å². The van der Waals surface area contributed by atoms with Crippen LogP contribution < -0.4 is 15.2 Å². The number of pyridine rings is 1. The zero-order chi connectivity index (χ0) is 17.9. The minimum absolute atomic E-state index is 0.0143. The summed E-state index contributed by atoms with van der Waals surface area (Å²) in [5.74, 6) is 2.08. The van der Waals surface area contributed by atoms with E-state index >= 15 is 0 Å². The normalized spacial score (nSPS) is 17.2. The van der Waals surface area contributed by atoms with Gasteiger partial charge < -0.3 is 10.1 Å². The molecule has 2 heterocycles. The van der Waals surface area contributed by atoms with Crippen molar-refractivity contribution in [1.82, 2.24) is 4.98 Å². The second-order valence-electron chi connectivity index (χ2n) is 5.51. The molecule has 1 saturated heterocycles. The highest BCUT2D eigenvalue weighted by Crippen LogP contribution is 2.22. The summed E-state index contributed by atoms with van der Waals surface area (Å²) in [6.45, 7) is 0. The first-order chi connectivity index (χ1) is 11.9. The summed E-state index contributed by atoms with van der Waals surface area (Å²) < 4.78 is 28.2. The number of carbonyl (C=O) groups excluding carboxylic acids is 1. The van der Waals surface area contributed by atoms with Crippen LogP contribution in [0.1, 0.15) is 16.8 Å². The number of nitrogens with zero attached hydrogens (tertiary/aromatic N) is 1. The van der Waals surface area contributed by atoms with Gasteiger partial charge in [-0.25, -0.2) is 18.5 Å². The Balaban J connectivity index is 1.68. The Labute approximate surface area is 150 Å². The summed E-state index contributed by atoms with van der Waals surface area (Å²) in [6, 6.07) is 8.81. The number of rotatable bonds is 5. The quantitative estimate of drug-likeness (QED) is 0.820. The second-order valence-corrected chi connectivity index (χ2v) is 8.22. The number of amides is 1. The fourth-order valence-corrected chi connectivity index (χ4v) is 3.93. The molecule has 3 N–H and O–H groups in total. The van der Waals surface area contributed by atoms with Crippen molar-refractivity contribution in [3.63, 3.8) is 0 Å². The van der Waals surface area contributed by atoms with E-state index in [1.807, 2.05) is 11.8 Å². The molecule has 0 spiro atoms. The molecule has 132 valence electrons. The monoisotopic (exact) mass is 379 g/mol. The molecule has 1 atom stereocenters. The Kier molecular flexibility index (Phi) is 5.26. The van der Waals surface area contributed by atoms with E-state index in [1.54, 1.807) is 12.1 Å². The number of benzene rings is 1. The maximum absolute atomic E-state index is 12.3. The van der Waals surface area contributed by atoms with Gasteiger partial charge in [0.1, 0.15) is 6.10 Å². The van der Waals surface area contributed by atoms with Crippen molar-refractivity contribution in [1.29, 1.82) is 0 Å². The van der Waals surface area contributed by atoms with Gasteiger partial charge in [0.2, 0.25) is 15.9 Å². The highest BCUT2D eigenvalue weighted by molar-refractivity contribution is 7.99. The Morgan fingerprint density at radius 1 is 1.28 bits per heavy atom. The number of aromatic nitrogens is 1. The first-order valence-corrected chi connectivity index (χ1v) is 10.3. The maximum atomic E-state index is 12.3. The van der Waals surface area contributed by atoms with Gasteiger partial charge in [-0.3, -0.25) is 4.79 Å². The number of hydrogen-bond donors (Lipinski definition) is 2. The lowest BCUT2D eigenvalue weighted by Gasteiger charge is -2.12. The smallest absolute Gasteiger partial charge is 0.255 e. The van der Waals surface area contributed by atoms with Crippen LogP contribution in [0.3, 0.4) is 0 Å². The third-order valence-electron chi connectivity index (χ3n) is 3.61. The van der Waals surface area contributed by atoms with Gasteiger partial charge in [-0.15, -0.1) is 0 Å². The van der Waals surface area contributed by atoms with Gasteiger partial charge in [-0.05, 0) is 42.5 Å². The molecule has 0 saturated carbocycles. The van der Waals surface area contributed by atoms with Crippen LogP contribution in [-0.4, -0.2) is 36.9 Å². The molecule has 1 aliphatic rings. The number of nitrogens with one attached hydrogen (secondary N) is 1. The third kappa shape index (κ3) is 4.71. The topological polar surface area (TPSA) is 111 Å². The van der Waals surface area contributed by atoms with Crippen LogP contribution >= 0.6 is 11.8 Å². The first kappa shape index (κ1) is 17.7. The highest BCUT2D eigenvalue weighted by Gasteiger charge is 2.18. The Morgan fingerprint density at radius 3 is 2.68 bits per heavy atom. The molecule has 7 nitrogen and oxygen atoms in total. The number of sulfonamides is 1. The second kappa shape index (κ2) is 7.42. The van der Waals surface area contributed by atoms with Crippen LogP contribution in [0.15, 0.2) is 47.5 Å². The molecule has 25 heavy (non-hydrogen) atoms. The average Bonchev–Trinajstić information content (AvgIpc) is 3.08. The fourth-order valence-electron chi connectivity index (χ4n) is 2.32. The molecule has 3 rings (SSSR count). The summed E-state index contributed by atoms with van der Waals surface area (Å²) in [7, 11) is -3.76. The molecular formula is C16H17N3O4S2. The van der Waals surface area contributed by atoms with Crippen molar-refractivity contribution in [3.8, 4) is 5.88 Å². The van der Waals surface area contributed by atoms with Crippen LogP contribution in [-0.2, 0) is 10.0 Å². The number of anilines is 1. The van der Waals surface area contributed by atoms with E-state index in [-0.39, 0.29) is 16.9 Å². The van der Waals surface area contributed by atoms with Crippen molar-refractivity contribution in [2.45, 2.75) is 17.4 Å². The number of hydrogen-bond acceptors (Lipinski definition) is 6. The molecule has 0 radical (unpaired) electrons. The Morgan fingerprint density at radius 2 is 2.04 bits per heavy atom. The van der Waals surface area contributed by atoms with Crippen LogP contribution in [0.5, 0.6) is 5.88 Å². The van der Waals surface area contributed by atoms with Gasteiger partial charge in [0, 0.05) is 29.3 Å². The van der Waals surface area contributed by atoms with Crippen LogP contribution in [0, 0.1) is 0 Å². The molecule has 1 aromatic heterocycles. The molecule has 1 amide bonds. The van der Waals surface area contributed by atoms with Crippen LogP contribution in [0.2, 0.25) is 0 Å². The largest absolute Gasteiger partial charge is 0.473 e. The number of thioether (sulfide) groups is 1. The zero-order valence-electron chi connectivity index (χ0n) is 13.2. The average molecular weight is 379 g/mol. The molecular weight excluding hydrogens is 362 g/mol. The lowest BCUT2D eigenvalue weighted by molar-refractivity contribution is 0.102. The third-order valence-corrected chi connectivity index (χ3v) is 5.67. The lowest BCUT2D eigenvalue weighted by atomic mass is 10.2. The molecule has 0 unspecified atom stereocenters. The van der Waals surface area contributed by atoms with E-state index in [2.05, 4.69) is 10.3 Å². The van der Waals surface area contributed by atoms with Gasteiger partial charge in [0.15, 0.2) is 0 Å². The van der Waals surface area contributed by atoms with Gasteiger partial charge in [0.05, 0.1) is 4.90 Å². The lowest BCUT2D eigenvalue weighted by Crippen LogP contribution is -2.17. The van der Waals surface area contributed by atoms with Crippen molar-refractivity contribution < 1.29 is 17.9 Å². The van der Waals surface area contributed by atoms with Crippen molar-refractivity contribution in [3.05, 3.63) is 48.2 Å². The first-order valence-electron chi connectivity index (χ1n) is 7.56. The number of primary sulfonamides is 1. The van der Waals surface area contributed by atoms with E-state index < -0.39 is 10.0 Å². The molecule has 1 aromatic carbocycles. The van der Waals surface area contributed by atoms with Crippen molar-refractivity contribution in [2.24, 2.45) is 5.14 Å². The molecule has 2 aromatic rings. The molecule has 9 heteroatoms. The standard InChI is InChI=1S/C16H17N3O4S2/c17-25(21,22)14-3-1-12(2-4-14)19-16(20)11-5-7-18-15(9-11)23-13-6-8-24-10-13/h1-5,7,9,13H,6,8,10H2,(H,19,20)(H2,17,21,22)/t13-/m1/s1. The number of carbonyl (C=O) groups is 1. The van der Waals surface area contributed by atoms with Crippen LogP contribution in [0.4, 0.5) is 5.69 Å². The van der Waals surface area contributed by atoms with E-state index in [0.29, 0.717) is 17.1 Å². The van der Waals surface area contributed by atoms with Crippen molar-refractivity contribution in [2.75, 3.05) is 16.8 Å². The summed E-state index contributed by atoms with van der Waals surface area (Å²) in [4.78, 5) is 16.5. The van der Waals surface area contributed by atoms with Gasteiger partial charge in [-0.1, -0.05) is 0 Å². The molecule has 0 aliphatic carbocycles. The zero-order valence-corrected chi connectivity index (χ0v) is 14.8. The summed E-state index contributed by atoms with van der Waals surface area (Å²) in [5.41, 5.74) is 0.870. The van der Waals surface area contributed by atoms with Gasteiger partial charge in [-0.2, -0.15) is 11.8 Å². The summed E-state index contributed by atoms with van der Waals surface area (Å²) >= 11 is 1.83. The maximum Gasteiger partial charge on any atom is 0.255 e. The van der Waals surface area contributed by atoms with E-state index in [1.165, 1.54) is 30.5 Å². The molecule has 1 aliphatic heterocycles. The minimum Gasteiger partial charge on any atom is -0.473 e. The van der Waals surface area contributed by atoms with Crippen LogP contribution in [0.25, 0.3) is 0 Å². The molecule has 0 bridgehead atoms. The SMILES string of the molecule is NS(=O)(=O)c1ccc(NC(=O)c2ccnc(O[C@@H]3CCSC3)c2)cc1. The number of nitrogens with two attached hydrogens (primary N) is 1. The fraction of sp³-hybridized carbons (Fsp3) is 0.250. The van der Waals surface area contributed by atoms with E-state index in [0.717, 1.165) is 17.9 Å². The van der Waals surface area contributed by atoms with E-state index in [9.17, 15) is 13.2 Å². The minimum atomic E-state index is -3.76. The predicted octanol–water partition coefficient (Wildman–Crippen LogP) is 1.87. The summed E-state index contributed by atoms with van der Waals surface area (Å²) in [6.07, 6.45) is 2.62. The highest BCUT2D eigenvalue weighted by atomic mass is 32.2. The van der Waals surface area contributed by atoms with Crippen molar-refractivity contribution >= 4 is 33.4 Å². The Bertz CT molecular complexity index is 863. The number of ether oxygens (including phenoxy) is 1. The predicted molar refractivity (Wildman–Crippen MR) is 96.4 cm³/mol. The summed E-state index contributed by atoms with van der Waals surface area (Å²) in [5, 5.41) is 7.74.